The Morgan fingerprint density at radius 1 is 1.25 bits per heavy atom. The molecule has 0 saturated heterocycles. The van der Waals surface area contributed by atoms with Crippen molar-refractivity contribution in [3.05, 3.63) is 34.9 Å². The molecule has 0 amide bonds. The molecule has 1 aliphatic carbocycles. The average Bonchev–Trinajstić information content (AvgIpc) is 2.39. The van der Waals surface area contributed by atoms with Crippen LogP contribution in [0.1, 0.15) is 54.7 Å². The van der Waals surface area contributed by atoms with Crippen molar-refractivity contribution in [1.82, 2.24) is 0 Å². The zero-order valence-electron chi connectivity index (χ0n) is 9.38. The Hall–Kier alpha value is -1.00. The van der Waals surface area contributed by atoms with Crippen LogP contribution in [0.4, 0.5) is 0 Å². The maximum atomic E-state index is 9.18. The number of benzene rings is 1. The largest absolute Gasteiger partial charge is 0.192 e. The van der Waals surface area contributed by atoms with E-state index in [0.29, 0.717) is 11.8 Å². The maximum absolute atomic E-state index is 9.18. The van der Waals surface area contributed by atoms with Gasteiger partial charge in [0, 0.05) is 5.88 Å². The van der Waals surface area contributed by atoms with Crippen molar-refractivity contribution in [2.75, 3.05) is 0 Å². The minimum atomic E-state index is 0.486. The molecule has 16 heavy (non-hydrogen) atoms. The fraction of sp³-hybridized carbons (Fsp3) is 0.500. The smallest absolute Gasteiger partial charge is 0.0994 e. The van der Waals surface area contributed by atoms with Crippen LogP contribution in [0, 0.1) is 11.3 Å². The van der Waals surface area contributed by atoms with Crippen LogP contribution in [-0.2, 0) is 5.88 Å². The molecule has 84 valence electrons. The van der Waals surface area contributed by atoms with Gasteiger partial charge >= 0.3 is 0 Å². The van der Waals surface area contributed by atoms with Gasteiger partial charge in [-0.05, 0) is 36.0 Å². The molecular weight excluding hydrogens is 218 g/mol. The Kier molecular flexibility index (Phi) is 3.85. The fourth-order valence-electron chi connectivity index (χ4n) is 2.55. The first kappa shape index (κ1) is 11.5. The van der Waals surface area contributed by atoms with Gasteiger partial charge in [0.15, 0.2) is 0 Å². The minimum Gasteiger partial charge on any atom is -0.192 e. The first-order valence-corrected chi connectivity index (χ1v) is 6.47. The number of halogens is 1. The summed E-state index contributed by atoms with van der Waals surface area (Å²) < 4.78 is 0. The van der Waals surface area contributed by atoms with Gasteiger partial charge < -0.3 is 0 Å². The summed E-state index contributed by atoms with van der Waals surface area (Å²) in [6.07, 6.45) is 6.40. The van der Waals surface area contributed by atoms with Crippen LogP contribution in [0.5, 0.6) is 0 Å². The fourth-order valence-corrected chi connectivity index (χ4v) is 2.72. The van der Waals surface area contributed by atoms with E-state index in [4.69, 9.17) is 11.6 Å². The summed E-state index contributed by atoms with van der Waals surface area (Å²) in [5.41, 5.74) is 3.10. The molecule has 0 aliphatic heterocycles. The highest BCUT2D eigenvalue weighted by Crippen LogP contribution is 2.34. The van der Waals surface area contributed by atoms with Crippen LogP contribution in [0.2, 0.25) is 0 Å². The molecule has 1 aliphatic rings. The molecule has 0 radical (unpaired) electrons. The lowest BCUT2D eigenvalue weighted by Crippen LogP contribution is -2.06. The molecule has 0 unspecified atom stereocenters. The van der Waals surface area contributed by atoms with Gasteiger partial charge in [0.05, 0.1) is 11.6 Å². The number of rotatable bonds is 2. The summed E-state index contributed by atoms with van der Waals surface area (Å²) in [7, 11) is 0. The number of alkyl halides is 1. The van der Waals surface area contributed by atoms with Crippen LogP contribution >= 0.6 is 11.6 Å². The predicted octanol–water partition coefficient (Wildman–Crippen LogP) is 4.34. The SMILES string of the molecule is N#Cc1cc(CCl)ccc1C1CCCCC1. The monoisotopic (exact) mass is 233 g/mol. The van der Waals surface area contributed by atoms with Crippen molar-refractivity contribution in [2.45, 2.75) is 43.9 Å². The Morgan fingerprint density at radius 3 is 2.62 bits per heavy atom. The minimum absolute atomic E-state index is 0.486. The quantitative estimate of drug-likeness (QED) is 0.697. The highest BCUT2D eigenvalue weighted by molar-refractivity contribution is 6.17. The molecule has 1 saturated carbocycles. The van der Waals surface area contributed by atoms with Crippen molar-refractivity contribution in [3.8, 4) is 6.07 Å². The summed E-state index contributed by atoms with van der Waals surface area (Å²) in [5.74, 6) is 1.08. The van der Waals surface area contributed by atoms with Crippen molar-refractivity contribution in [3.63, 3.8) is 0 Å². The highest BCUT2D eigenvalue weighted by atomic mass is 35.5. The molecule has 0 heterocycles. The second-order valence-electron chi connectivity index (χ2n) is 4.50. The van der Waals surface area contributed by atoms with Crippen LogP contribution < -0.4 is 0 Å². The number of hydrogen-bond acceptors (Lipinski definition) is 1. The normalized spacial score (nSPS) is 17.0. The molecule has 1 fully saturated rings. The highest BCUT2D eigenvalue weighted by Gasteiger charge is 2.18. The lowest BCUT2D eigenvalue weighted by Gasteiger charge is -2.23. The summed E-state index contributed by atoms with van der Waals surface area (Å²) in [5, 5.41) is 9.18. The van der Waals surface area contributed by atoms with E-state index < -0.39 is 0 Å². The lowest BCUT2D eigenvalue weighted by molar-refractivity contribution is 0.443. The van der Waals surface area contributed by atoms with E-state index >= 15 is 0 Å². The van der Waals surface area contributed by atoms with Crippen molar-refractivity contribution < 1.29 is 0 Å². The van der Waals surface area contributed by atoms with E-state index in [0.717, 1.165) is 11.1 Å². The van der Waals surface area contributed by atoms with Crippen molar-refractivity contribution in [2.24, 2.45) is 0 Å². The first-order valence-electron chi connectivity index (χ1n) is 5.94. The van der Waals surface area contributed by atoms with E-state index in [9.17, 15) is 5.26 Å². The average molecular weight is 234 g/mol. The zero-order chi connectivity index (χ0) is 11.4. The van der Waals surface area contributed by atoms with E-state index in [2.05, 4.69) is 18.2 Å². The van der Waals surface area contributed by atoms with E-state index in [-0.39, 0.29) is 0 Å². The van der Waals surface area contributed by atoms with E-state index in [1.165, 1.54) is 37.7 Å². The third-order valence-electron chi connectivity index (χ3n) is 3.44. The van der Waals surface area contributed by atoms with Gasteiger partial charge in [-0.3, -0.25) is 0 Å². The van der Waals surface area contributed by atoms with Crippen LogP contribution in [-0.4, -0.2) is 0 Å². The van der Waals surface area contributed by atoms with Crippen LogP contribution in [0.25, 0.3) is 0 Å². The number of nitrogens with zero attached hydrogens (tertiary/aromatic N) is 1. The molecule has 0 bridgehead atoms. The van der Waals surface area contributed by atoms with Gasteiger partial charge in [0.2, 0.25) is 0 Å². The van der Waals surface area contributed by atoms with Gasteiger partial charge in [-0.1, -0.05) is 31.4 Å². The molecule has 0 aromatic heterocycles. The molecule has 1 aromatic rings. The number of nitriles is 1. The van der Waals surface area contributed by atoms with Gasteiger partial charge in [-0.2, -0.15) is 5.26 Å². The molecular formula is C14H16ClN. The van der Waals surface area contributed by atoms with Gasteiger partial charge in [-0.15, -0.1) is 11.6 Å². The third-order valence-corrected chi connectivity index (χ3v) is 3.75. The van der Waals surface area contributed by atoms with Crippen LogP contribution in [0.15, 0.2) is 18.2 Å². The maximum Gasteiger partial charge on any atom is 0.0994 e. The Bertz CT molecular complexity index is 400. The van der Waals surface area contributed by atoms with Gasteiger partial charge in [0.1, 0.15) is 0 Å². The summed E-state index contributed by atoms with van der Waals surface area (Å²) in [6.45, 7) is 0. The number of hydrogen-bond donors (Lipinski definition) is 0. The van der Waals surface area contributed by atoms with E-state index in [1.54, 1.807) is 0 Å². The van der Waals surface area contributed by atoms with Gasteiger partial charge in [0.25, 0.3) is 0 Å². The topological polar surface area (TPSA) is 23.8 Å². The zero-order valence-corrected chi connectivity index (χ0v) is 10.1. The second-order valence-corrected chi connectivity index (χ2v) is 4.77. The van der Waals surface area contributed by atoms with Crippen molar-refractivity contribution in [1.29, 1.82) is 5.26 Å². The molecule has 2 rings (SSSR count). The van der Waals surface area contributed by atoms with E-state index in [1.807, 2.05) is 6.07 Å². The molecule has 0 atom stereocenters. The molecule has 1 nitrogen and oxygen atoms in total. The standard InChI is InChI=1S/C14H16ClN/c15-9-11-6-7-14(13(8-11)10-16)12-4-2-1-3-5-12/h6-8,12H,1-5,9H2. The lowest BCUT2D eigenvalue weighted by atomic mass is 9.82. The second kappa shape index (κ2) is 5.37. The third kappa shape index (κ3) is 2.39. The Balaban J connectivity index is 2.29. The Labute approximate surface area is 102 Å². The molecule has 0 spiro atoms. The Morgan fingerprint density at radius 2 is 2.00 bits per heavy atom. The predicted molar refractivity (Wildman–Crippen MR) is 66.5 cm³/mol. The molecule has 1 aromatic carbocycles. The summed E-state index contributed by atoms with van der Waals surface area (Å²) in [6, 6.07) is 8.41. The molecule has 0 N–H and O–H groups in total. The summed E-state index contributed by atoms with van der Waals surface area (Å²) >= 11 is 5.78. The van der Waals surface area contributed by atoms with Gasteiger partial charge in [-0.25, -0.2) is 0 Å². The van der Waals surface area contributed by atoms with Crippen LogP contribution in [0.3, 0.4) is 0 Å². The van der Waals surface area contributed by atoms with Crippen molar-refractivity contribution >= 4 is 11.6 Å². The first-order chi connectivity index (χ1) is 7.85. The summed E-state index contributed by atoms with van der Waals surface area (Å²) in [4.78, 5) is 0. The molecule has 2 heteroatoms.